The van der Waals surface area contributed by atoms with Crippen LogP contribution in [0, 0.1) is 13.8 Å². The van der Waals surface area contributed by atoms with Gasteiger partial charge in [-0.25, -0.2) is 4.79 Å². The minimum atomic E-state index is -0.931. The van der Waals surface area contributed by atoms with Gasteiger partial charge in [0.1, 0.15) is 6.04 Å². The molecule has 1 amide bonds. The third-order valence-electron chi connectivity index (χ3n) is 3.52. The van der Waals surface area contributed by atoms with Crippen molar-refractivity contribution < 1.29 is 14.7 Å². The number of aromatic nitrogens is 2. The van der Waals surface area contributed by atoms with E-state index in [0.717, 1.165) is 12.1 Å². The molecular weight excluding hydrogens is 234 g/mol. The van der Waals surface area contributed by atoms with Gasteiger partial charge < -0.3 is 10.0 Å². The van der Waals surface area contributed by atoms with Crippen LogP contribution in [0.3, 0.4) is 0 Å². The highest BCUT2D eigenvalue weighted by Crippen LogP contribution is 2.23. The molecule has 1 aromatic heterocycles. The second-order valence-corrected chi connectivity index (χ2v) is 4.66. The molecule has 1 atom stereocenters. The summed E-state index contributed by atoms with van der Waals surface area (Å²) in [4.78, 5) is 25.0. The predicted octanol–water partition coefficient (Wildman–Crippen LogP) is 0.726. The first-order valence-electron chi connectivity index (χ1n) is 5.97. The zero-order valence-corrected chi connectivity index (χ0v) is 10.8. The molecule has 1 aliphatic rings. The first-order valence-corrected chi connectivity index (χ1v) is 5.97. The Kier molecular flexibility index (Phi) is 3.11. The highest BCUT2D eigenvalue weighted by Gasteiger charge is 2.36. The highest BCUT2D eigenvalue weighted by atomic mass is 16.4. The van der Waals surface area contributed by atoms with E-state index < -0.39 is 12.0 Å². The zero-order chi connectivity index (χ0) is 13.4. The molecule has 6 nitrogen and oxygen atoms in total. The number of carboxylic acids is 1. The largest absolute Gasteiger partial charge is 0.480 e. The second kappa shape index (κ2) is 4.44. The molecule has 0 aromatic carbocycles. The lowest BCUT2D eigenvalue weighted by atomic mass is 10.1. The quantitative estimate of drug-likeness (QED) is 0.840. The van der Waals surface area contributed by atoms with Gasteiger partial charge >= 0.3 is 5.97 Å². The van der Waals surface area contributed by atoms with Gasteiger partial charge in [0.2, 0.25) is 0 Å². The van der Waals surface area contributed by atoms with Crippen molar-refractivity contribution in [2.45, 2.75) is 32.7 Å². The maximum atomic E-state index is 12.4. The molecule has 1 aromatic rings. The highest BCUT2D eigenvalue weighted by molar-refractivity contribution is 5.98. The summed E-state index contributed by atoms with van der Waals surface area (Å²) in [6.07, 6.45) is 1.26. The Labute approximate surface area is 105 Å². The number of nitrogens with zero attached hydrogens (tertiary/aromatic N) is 3. The van der Waals surface area contributed by atoms with Crippen molar-refractivity contribution in [3.8, 4) is 0 Å². The molecule has 6 heteroatoms. The normalized spacial score (nSPS) is 19.3. The van der Waals surface area contributed by atoms with Crippen LogP contribution in [0.1, 0.15) is 34.6 Å². The number of amides is 1. The van der Waals surface area contributed by atoms with Gasteiger partial charge in [0.25, 0.3) is 5.91 Å². The van der Waals surface area contributed by atoms with Crippen molar-refractivity contribution in [3.63, 3.8) is 0 Å². The van der Waals surface area contributed by atoms with Crippen molar-refractivity contribution in [1.82, 2.24) is 14.7 Å². The van der Waals surface area contributed by atoms with Gasteiger partial charge in [0.05, 0.1) is 11.3 Å². The van der Waals surface area contributed by atoms with Gasteiger partial charge in [-0.3, -0.25) is 9.48 Å². The molecule has 2 heterocycles. The summed E-state index contributed by atoms with van der Waals surface area (Å²) in [7, 11) is 1.78. The third kappa shape index (κ3) is 1.87. The van der Waals surface area contributed by atoms with Gasteiger partial charge in [0.15, 0.2) is 0 Å². The molecule has 1 N–H and O–H groups in total. The lowest BCUT2D eigenvalue weighted by Crippen LogP contribution is -2.40. The van der Waals surface area contributed by atoms with Crippen molar-refractivity contribution in [3.05, 3.63) is 17.0 Å². The van der Waals surface area contributed by atoms with Gasteiger partial charge in [-0.1, -0.05) is 0 Å². The van der Waals surface area contributed by atoms with Crippen molar-refractivity contribution in [2.75, 3.05) is 6.54 Å². The number of carboxylic acid groups (broad SMARTS) is 1. The second-order valence-electron chi connectivity index (χ2n) is 4.66. The molecule has 1 aliphatic heterocycles. The van der Waals surface area contributed by atoms with E-state index in [-0.39, 0.29) is 5.91 Å². The Morgan fingerprint density at radius 1 is 1.39 bits per heavy atom. The van der Waals surface area contributed by atoms with Crippen molar-refractivity contribution >= 4 is 11.9 Å². The van der Waals surface area contributed by atoms with Gasteiger partial charge in [0, 0.05) is 19.3 Å². The van der Waals surface area contributed by atoms with E-state index >= 15 is 0 Å². The molecule has 0 aliphatic carbocycles. The fraction of sp³-hybridized carbons (Fsp3) is 0.583. The van der Waals surface area contributed by atoms with E-state index in [1.54, 1.807) is 18.7 Å². The Morgan fingerprint density at radius 2 is 2.06 bits per heavy atom. The molecule has 1 saturated heterocycles. The Bertz CT molecular complexity index is 507. The van der Waals surface area contributed by atoms with E-state index in [0.29, 0.717) is 24.2 Å². The van der Waals surface area contributed by atoms with Gasteiger partial charge in [-0.15, -0.1) is 0 Å². The summed E-state index contributed by atoms with van der Waals surface area (Å²) < 4.78 is 1.65. The summed E-state index contributed by atoms with van der Waals surface area (Å²) in [5.74, 6) is -1.15. The van der Waals surface area contributed by atoms with E-state index in [1.165, 1.54) is 4.90 Å². The maximum Gasteiger partial charge on any atom is 0.326 e. The molecule has 0 radical (unpaired) electrons. The van der Waals surface area contributed by atoms with Gasteiger partial charge in [-0.05, 0) is 26.7 Å². The molecule has 18 heavy (non-hydrogen) atoms. The first kappa shape index (κ1) is 12.6. The minimum absolute atomic E-state index is 0.219. The molecule has 0 unspecified atom stereocenters. The van der Waals surface area contributed by atoms with Crippen LogP contribution >= 0.6 is 0 Å². The summed E-state index contributed by atoms with van der Waals surface area (Å²) >= 11 is 0. The topological polar surface area (TPSA) is 75.4 Å². The summed E-state index contributed by atoms with van der Waals surface area (Å²) in [5.41, 5.74) is 1.95. The smallest absolute Gasteiger partial charge is 0.326 e. The van der Waals surface area contributed by atoms with E-state index in [1.807, 2.05) is 6.92 Å². The molecule has 0 saturated carbocycles. The first-order chi connectivity index (χ1) is 8.43. The third-order valence-corrected chi connectivity index (χ3v) is 3.52. The average Bonchev–Trinajstić information content (AvgIpc) is 2.85. The molecule has 0 spiro atoms. The lowest BCUT2D eigenvalue weighted by molar-refractivity contribution is -0.141. The average molecular weight is 251 g/mol. The number of likely N-dealkylation sites (tertiary alicyclic amines) is 1. The number of carbonyl (C=O) groups excluding carboxylic acids is 1. The van der Waals surface area contributed by atoms with Crippen LogP contribution in [0.2, 0.25) is 0 Å². The summed E-state index contributed by atoms with van der Waals surface area (Å²) in [6, 6.07) is -0.698. The Morgan fingerprint density at radius 3 is 2.56 bits per heavy atom. The predicted molar refractivity (Wildman–Crippen MR) is 64.4 cm³/mol. The van der Waals surface area contributed by atoms with Crippen LogP contribution in [0.5, 0.6) is 0 Å². The van der Waals surface area contributed by atoms with E-state index in [9.17, 15) is 9.59 Å². The van der Waals surface area contributed by atoms with Crippen LogP contribution in [0.15, 0.2) is 0 Å². The van der Waals surface area contributed by atoms with Crippen LogP contribution in [-0.2, 0) is 11.8 Å². The number of aryl methyl sites for hydroxylation is 2. The summed E-state index contributed by atoms with van der Waals surface area (Å²) in [6.45, 7) is 4.09. The van der Waals surface area contributed by atoms with Crippen LogP contribution in [-0.4, -0.2) is 44.3 Å². The number of hydrogen-bond donors (Lipinski definition) is 1. The fourth-order valence-corrected chi connectivity index (χ4v) is 2.49. The number of carbonyl (C=O) groups is 2. The molecule has 98 valence electrons. The Balaban J connectivity index is 2.34. The maximum absolute atomic E-state index is 12.4. The SMILES string of the molecule is Cc1nn(C)c(C)c1C(=O)N1CCC[C@H]1C(=O)O. The minimum Gasteiger partial charge on any atom is -0.480 e. The van der Waals surface area contributed by atoms with E-state index in [2.05, 4.69) is 5.10 Å². The monoisotopic (exact) mass is 251 g/mol. The molecule has 0 bridgehead atoms. The molecule has 2 rings (SSSR count). The number of hydrogen-bond acceptors (Lipinski definition) is 3. The zero-order valence-electron chi connectivity index (χ0n) is 10.8. The summed E-state index contributed by atoms with van der Waals surface area (Å²) in [5, 5.41) is 13.3. The lowest BCUT2D eigenvalue weighted by Gasteiger charge is -2.21. The van der Waals surface area contributed by atoms with Crippen LogP contribution in [0.4, 0.5) is 0 Å². The number of rotatable bonds is 2. The molecule has 1 fully saturated rings. The van der Waals surface area contributed by atoms with Gasteiger partial charge in [-0.2, -0.15) is 5.10 Å². The van der Waals surface area contributed by atoms with Crippen molar-refractivity contribution in [1.29, 1.82) is 0 Å². The molecular formula is C12H17N3O3. The van der Waals surface area contributed by atoms with E-state index in [4.69, 9.17) is 5.11 Å². The Hall–Kier alpha value is -1.85. The van der Waals surface area contributed by atoms with Crippen LogP contribution in [0.25, 0.3) is 0 Å². The number of aliphatic carboxylic acids is 1. The fourth-order valence-electron chi connectivity index (χ4n) is 2.49. The van der Waals surface area contributed by atoms with Crippen molar-refractivity contribution in [2.24, 2.45) is 7.05 Å². The standard InChI is InChI=1S/C12H17N3O3/c1-7-10(8(2)14(3)13-7)11(16)15-6-4-5-9(15)12(17)18/h9H,4-6H2,1-3H3,(H,17,18)/t9-/m0/s1. The van der Waals surface area contributed by atoms with Crippen LogP contribution < -0.4 is 0 Å².